The lowest BCUT2D eigenvalue weighted by molar-refractivity contribution is -0.158. The second-order valence-corrected chi connectivity index (χ2v) is 12.0. The fourth-order valence-electron chi connectivity index (χ4n) is 5.23. The summed E-state index contributed by atoms with van der Waals surface area (Å²) in [4.78, 5) is 26.2. The second-order valence-electron chi connectivity index (χ2n) is 12.0. The largest absolute Gasteiger partial charge is 0.456 e. The van der Waals surface area contributed by atoms with Crippen molar-refractivity contribution in [2.75, 3.05) is 7.11 Å². The van der Waals surface area contributed by atoms with Crippen LogP contribution in [0.5, 0.6) is 0 Å². The number of cyclic esters (lactones) is 1. The molecule has 10 atom stereocenters. The Kier molecular flexibility index (Phi) is 15.8. The maximum atomic E-state index is 13.2. The highest BCUT2D eigenvalue weighted by Crippen LogP contribution is 2.27. The van der Waals surface area contributed by atoms with Crippen LogP contribution in [0, 0.1) is 29.6 Å². The molecule has 0 saturated carbocycles. The Labute approximate surface area is 247 Å². The summed E-state index contributed by atoms with van der Waals surface area (Å²) in [7, 11) is 1.51. The molecule has 0 aromatic rings. The number of ketones is 1. The van der Waals surface area contributed by atoms with E-state index in [-0.39, 0.29) is 23.5 Å². The predicted octanol–water partition coefficient (Wildman–Crippen LogP) is 5.51. The highest BCUT2D eigenvalue weighted by Gasteiger charge is 2.37. The van der Waals surface area contributed by atoms with E-state index in [1.54, 1.807) is 39.0 Å². The van der Waals surface area contributed by atoms with Crippen molar-refractivity contribution in [2.24, 2.45) is 29.6 Å². The van der Waals surface area contributed by atoms with Gasteiger partial charge in [-0.05, 0) is 51.7 Å². The minimum Gasteiger partial charge on any atom is -0.456 e. The molecule has 0 aromatic heterocycles. The highest BCUT2D eigenvalue weighted by atomic mass is 16.6. The molecule has 0 aliphatic carbocycles. The van der Waals surface area contributed by atoms with E-state index in [1.807, 2.05) is 59.8 Å². The maximum absolute atomic E-state index is 13.2. The van der Waals surface area contributed by atoms with Crippen LogP contribution < -0.4 is 0 Å². The monoisotopic (exact) mass is 574 g/mol. The topological polar surface area (TPSA) is 113 Å². The van der Waals surface area contributed by atoms with Gasteiger partial charge in [0.25, 0.3) is 0 Å². The Hall–Kier alpha value is -2.32. The number of aliphatic hydroxyl groups excluding tert-OH is 3. The van der Waals surface area contributed by atoms with E-state index >= 15 is 0 Å². The summed E-state index contributed by atoms with van der Waals surface area (Å²) >= 11 is 0. The predicted molar refractivity (Wildman–Crippen MR) is 164 cm³/mol. The minimum atomic E-state index is -1.13. The van der Waals surface area contributed by atoms with Gasteiger partial charge in [-0.3, -0.25) is 4.79 Å². The van der Waals surface area contributed by atoms with Gasteiger partial charge < -0.3 is 24.8 Å². The van der Waals surface area contributed by atoms with Crippen LogP contribution in [-0.4, -0.2) is 64.7 Å². The van der Waals surface area contributed by atoms with E-state index in [1.165, 1.54) is 13.2 Å². The zero-order chi connectivity index (χ0) is 31.4. The first-order chi connectivity index (χ1) is 19.1. The number of hydrogen-bond acceptors (Lipinski definition) is 7. The first kappa shape index (κ1) is 36.7. The lowest BCUT2D eigenvalue weighted by Crippen LogP contribution is -2.45. The smallest absolute Gasteiger partial charge is 0.334 e. The third-order valence-corrected chi connectivity index (χ3v) is 8.19. The molecule has 1 rings (SSSR count). The fourth-order valence-corrected chi connectivity index (χ4v) is 5.23. The average molecular weight is 575 g/mol. The summed E-state index contributed by atoms with van der Waals surface area (Å²) in [5, 5.41) is 32.1. The highest BCUT2D eigenvalue weighted by molar-refractivity contribution is 5.92. The van der Waals surface area contributed by atoms with E-state index in [9.17, 15) is 24.9 Å². The first-order valence-corrected chi connectivity index (χ1v) is 14.8. The summed E-state index contributed by atoms with van der Waals surface area (Å²) in [6.07, 6.45) is 9.82. The van der Waals surface area contributed by atoms with E-state index in [0.29, 0.717) is 18.4 Å². The normalized spacial score (nSPS) is 33.6. The Morgan fingerprint density at radius 1 is 1.17 bits per heavy atom. The number of rotatable bonds is 9. The SMILES string of the molecule is CCC(O)[C@@H](C)/C=C/C(=O)[C@@H](C)C(O)[C@@H](C)C1OC(=O)/C(C)=C/C(C)=C\[C@H](C)[C@@H](O)[C@@H](C)C/C(C)=C/C=C/[C@H]1OC. The fraction of sp³-hybridized carbons (Fsp3) is 0.647. The molecule has 1 aliphatic heterocycles. The van der Waals surface area contributed by atoms with Gasteiger partial charge in [0, 0.05) is 36.4 Å². The van der Waals surface area contributed by atoms with Gasteiger partial charge in [-0.25, -0.2) is 4.79 Å². The van der Waals surface area contributed by atoms with Gasteiger partial charge in [-0.15, -0.1) is 0 Å². The number of aliphatic hydroxyl groups is 3. The van der Waals surface area contributed by atoms with Crippen molar-refractivity contribution in [3.8, 4) is 0 Å². The van der Waals surface area contributed by atoms with Crippen LogP contribution in [0.2, 0.25) is 0 Å². The van der Waals surface area contributed by atoms with Crippen LogP contribution in [-0.2, 0) is 19.1 Å². The molecule has 7 heteroatoms. The summed E-state index contributed by atoms with van der Waals surface area (Å²) in [6.45, 7) is 16.6. The Morgan fingerprint density at radius 2 is 1.80 bits per heavy atom. The molecule has 0 bridgehead atoms. The van der Waals surface area contributed by atoms with Gasteiger partial charge in [0.15, 0.2) is 5.78 Å². The quantitative estimate of drug-likeness (QED) is 0.246. The van der Waals surface area contributed by atoms with Crippen molar-refractivity contribution in [2.45, 2.75) is 106 Å². The van der Waals surface area contributed by atoms with Crippen LogP contribution in [0.3, 0.4) is 0 Å². The molecule has 3 unspecified atom stereocenters. The lowest BCUT2D eigenvalue weighted by Gasteiger charge is -2.33. The zero-order valence-corrected chi connectivity index (χ0v) is 26.7. The van der Waals surface area contributed by atoms with E-state index in [0.717, 1.165) is 11.1 Å². The maximum Gasteiger partial charge on any atom is 0.334 e. The molecular weight excluding hydrogens is 520 g/mol. The van der Waals surface area contributed by atoms with Gasteiger partial charge in [0.2, 0.25) is 0 Å². The molecular formula is C34H54O7. The minimum absolute atomic E-state index is 0.0316. The summed E-state index contributed by atoms with van der Waals surface area (Å²) < 4.78 is 11.7. The lowest BCUT2D eigenvalue weighted by atomic mass is 9.84. The molecule has 0 saturated heterocycles. The Bertz CT molecular complexity index is 1000. The van der Waals surface area contributed by atoms with Gasteiger partial charge >= 0.3 is 5.97 Å². The van der Waals surface area contributed by atoms with Gasteiger partial charge in [-0.2, -0.15) is 0 Å². The van der Waals surface area contributed by atoms with Crippen LogP contribution in [0.15, 0.2) is 59.3 Å². The molecule has 41 heavy (non-hydrogen) atoms. The molecule has 3 N–H and O–H groups in total. The molecule has 0 spiro atoms. The van der Waals surface area contributed by atoms with Gasteiger partial charge in [0.05, 0.1) is 18.3 Å². The van der Waals surface area contributed by atoms with Crippen molar-refractivity contribution in [1.82, 2.24) is 0 Å². The third kappa shape index (κ3) is 11.5. The molecule has 0 fully saturated rings. The van der Waals surface area contributed by atoms with Crippen LogP contribution in [0.4, 0.5) is 0 Å². The van der Waals surface area contributed by atoms with Crippen molar-refractivity contribution < 1.29 is 34.4 Å². The number of carbonyl (C=O) groups excluding carboxylic acids is 2. The van der Waals surface area contributed by atoms with Crippen LogP contribution in [0.25, 0.3) is 0 Å². The third-order valence-electron chi connectivity index (χ3n) is 8.19. The van der Waals surface area contributed by atoms with E-state index < -0.39 is 48.3 Å². The molecule has 1 aliphatic rings. The van der Waals surface area contributed by atoms with Crippen molar-refractivity contribution in [3.05, 3.63) is 59.3 Å². The number of esters is 1. The van der Waals surface area contributed by atoms with Crippen molar-refractivity contribution in [1.29, 1.82) is 0 Å². The second kappa shape index (κ2) is 17.6. The molecule has 0 amide bonds. The van der Waals surface area contributed by atoms with E-state index in [2.05, 4.69) is 0 Å². The van der Waals surface area contributed by atoms with Crippen LogP contribution >= 0.6 is 0 Å². The Morgan fingerprint density at radius 3 is 2.39 bits per heavy atom. The average Bonchev–Trinajstić information content (AvgIpc) is 2.93. The van der Waals surface area contributed by atoms with E-state index in [4.69, 9.17) is 9.47 Å². The first-order valence-electron chi connectivity index (χ1n) is 14.8. The number of ether oxygens (including phenoxy) is 2. The van der Waals surface area contributed by atoms with Crippen LogP contribution in [0.1, 0.15) is 75.2 Å². The van der Waals surface area contributed by atoms with Crippen molar-refractivity contribution in [3.63, 3.8) is 0 Å². The Balaban J connectivity index is 3.41. The summed E-state index contributed by atoms with van der Waals surface area (Å²) in [6, 6.07) is 0. The van der Waals surface area contributed by atoms with Gasteiger partial charge in [0.1, 0.15) is 12.2 Å². The molecule has 0 aromatic carbocycles. The van der Waals surface area contributed by atoms with Crippen molar-refractivity contribution >= 4 is 11.8 Å². The summed E-state index contributed by atoms with van der Waals surface area (Å²) in [5.74, 6) is -2.52. The molecule has 1 heterocycles. The number of methoxy groups -OCH3 is 1. The summed E-state index contributed by atoms with van der Waals surface area (Å²) in [5.41, 5.74) is 2.28. The number of carbonyl (C=O) groups is 2. The molecule has 232 valence electrons. The number of allylic oxidation sites excluding steroid dienone is 6. The van der Waals surface area contributed by atoms with Gasteiger partial charge in [-0.1, -0.05) is 83.1 Å². The zero-order valence-electron chi connectivity index (χ0n) is 26.7. The standard InChI is InChI=1S/C34H54O7/c1-11-28(35)22(4)15-16-29(36)26(8)32(38)27(9)33-30(40-10)14-12-13-20(2)17-23(5)31(37)24(6)18-21(3)19-25(7)34(39)41-33/h12-16,18-19,22-24,26-28,30-33,35,37-38H,11,17H2,1-10H3/b14-12+,16-15+,20-13+,21-18-,25-19+/t22-,23-,24-,26+,27+,28?,30+,31-,32?,33?/m0/s1. The molecule has 7 nitrogen and oxygen atoms in total. The number of hydrogen-bond donors (Lipinski definition) is 3. The molecule has 0 radical (unpaired) electrons.